The number of carbonyl (C=O) groups excluding carboxylic acids is 1. The minimum absolute atomic E-state index is 0.0130. The lowest BCUT2D eigenvalue weighted by atomic mass is 10.1. The summed E-state index contributed by atoms with van der Waals surface area (Å²) in [6, 6.07) is 10.0. The average Bonchev–Trinajstić information content (AvgIpc) is 2.99. The van der Waals surface area contributed by atoms with Crippen LogP contribution in [0.5, 0.6) is 5.75 Å². The molecule has 0 radical (unpaired) electrons. The molecule has 2 atom stereocenters. The minimum atomic E-state index is 0.0130. The maximum Gasteiger partial charge on any atom is 0.317 e. The van der Waals surface area contributed by atoms with E-state index in [0.29, 0.717) is 24.7 Å². The molecule has 1 heterocycles. The summed E-state index contributed by atoms with van der Waals surface area (Å²) in [5, 5.41) is 11.9. The summed E-state index contributed by atoms with van der Waals surface area (Å²) in [5.41, 5.74) is 0.615. The van der Waals surface area contributed by atoms with Crippen LogP contribution in [0.1, 0.15) is 24.8 Å². The predicted octanol–water partition coefficient (Wildman–Crippen LogP) is 1.81. The van der Waals surface area contributed by atoms with Gasteiger partial charge < -0.3 is 19.9 Å². The molecule has 0 bridgehead atoms. The molecule has 1 aromatic carbocycles. The van der Waals surface area contributed by atoms with Crippen LogP contribution in [-0.4, -0.2) is 61.2 Å². The fourth-order valence-corrected chi connectivity index (χ4v) is 3.30. The quantitative estimate of drug-likeness (QED) is 0.915. The number of benzene rings is 1. The molecule has 0 spiro atoms. The van der Waals surface area contributed by atoms with Gasteiger partial charge >= 0.3 is 6.03 Å². The number of carbonyl (C=O) groups is 1. The average molecular weight is 328 g/mol. The molecule has 1 N–H and O–H groups in total. The van der Waals surface area contributed by atoms with Crippen molar-refractivity contribution in [2.24, 2.45) is 0 Å². The highest BCUT2D eigenvalue weighted by atomic mass is 16.5. The molecule has 0 unspecified atom stereocenters. The van der Waals surface area contributed by atoms with Crippen LogP contribution in [-0.2, 0) is 0 Å². The molecule has 1 aromatic rings. The van der Waals surface area contributed by atoms with E-state index >= 15 is 0 Å². The van der Waals surface area contributed by atoms with Gasteiger partial charge in [-0.2, -0.15) is 5.26 Å². The van der Waals surface area contributed by atoms with Gasteiger partial charge in [0.2, 0.25) is 0 Å². The summed E-state index contributed by atoms with van der Waals surface area (Å²) < 4.78 is 5.81. The summed E-state index contributed by atoms with van der Waals surface area (Å²) >= 11 is 0. The Balaban J connectivity index is 1.40. The second kappa shape index (κ2) is 7.10. The molecule has 1 saturated carbocycles. The van der Waals surface area contributed by atoms with E-state index in [9.17, 15) is 4.79 Å². The molecule has 0 aromatic heterocycles. The van der Waals surface area contributed by atoms with Crippen molar-refractivity contribution in [3.05, 3.63) is 29.8 Å². The number of likely N-dealkylation sites (tertiary alicyclic amines) is 1. The molecule has 128 valence electrons. The Bertz CT molecular complexity index is 617. The normalized spacial score (nSPS) is 23.7. The summed E-state index contributed by atoms with van der Waals surface area (Å²) in [6.07, 6.45) is 3.25. The number of urea groups is 1. The van der Waals surface area contributed by atoms with Crippen molar-refractivity contribution in [2.45, 2.75) is 37.5 Å². The van der Waals surface area contributed by atoms with Gasteiger partial charge in [-0.3, -0.25) is 0 Å². The third kappa shape index (κ3) is 3.80. The maximum absolute atomic E-state index is 12.2. The highest BCUT2D eigenvalue weighted by molar-refractivity contribution is 5.75. The van der Waals surface area contributed by atoms with Gasteiger partial charge in [0.1, 0.15) is 11.9 Å². The number of rotatable bonds is 4. The Morgan fingerprint density at radius 3 is 2.58 bits per heavy atom. The van der Waals surface area contributed by atoms with Crippen LogP contribution >= 0.6 is 0 Å². The number of hydrogen-bond donors (Lipinski definition) is 1. The van der Waals surface area contributed by atoms with Gasteiger partial charge in [0.05, 0.1) is 24.7 Å². The van der Waals surface area contributed by atoms with Crippen LogP contribution in [0.2, 0.25) is 0 Å². The second-order valence-corrected chi connectivity index (χ2v) is 6.86. The van der Waals surface area contributed by atoms with Gasteiger partial charge in [0, 0.05) is 12.1 Å². The number of amides is 2. The van der Waals surface area contributed by atoms with Gasteiger partial charge in [0.15, 0.2) is 0 Å². The van der Waals surface area contributed by atoms with Crippen molar-refractivity contribution in [1.82, 2.24) is 15.1 Å². The lowest BCUT2D eigenvalue weighted by Gasteiger charge is -2.39. The number of hydrogen-bond acceptors (Lipinski definition) is 4. The Morgan fingerprint density at radius 1 is 1.29 bits per heavy atom. The van der Waals surface area contributed by atoms with E-state index in [0.717, 1.165) is 25.0 Å². The molecular formula is C18H24N4O2. The van der Waals surface area contributed by atoms with Crippen LogP contribution in [0.4, 0.5) is 4.79 Å². The topological polar surface area (TPSA) is 68.6 Å². The predicted molar refractivity (Wildman–Crippen MR) is 90.8 cm³/mol. The summed E-state index contributed by atoms with van der Waals surface area (Å²) in [6.45, 7) is 1.21. The van der Waals surface area contributed by atoms with Gasteiger partial charge in [0.25, 0.3) is 0 Å². The lowest BCUT2D eigenvalue weighted by Crippen LogP contribution is -2.59. The molecule has 24 heavy (non-hydrogen) atoms. The van der Waals surface area contributed by atoms with E-state index in [1.807, 2.05) is 0 Å². The minimum Gasteiger partial charge on any atom is -0.487 e. The molecule has 6 nitrogen and oxygen atoms in total. The first-order valence-electron chi connectivity index (χ1n) is 8.44. The van der Waals surface area contributed by atoms with Crippen molar-refractivity contribution < 1.29 is 9.53 Å². The summed E-state index contributed by atoms with van der Waals surface area (Å²) in [7, 11) is 4.19. The molecular weight excluding hydrogens is 304 g/mol. The third-order valence-corrected chi connectivity index (χ3v) is 4.88. The lowest BCUT2D eigenvalue weighted by molar-refractivity contribution is 0.0434. The van der Waals surface area contributed by atoms with Crippen molar-refractivity contribution in [2.75, 3.05) is 27.2 Å². The van der Waals surface area contributed by atoms with E-state index in [4.69, 9.17) is 10.00 Å². The fraction of sp³-hybridized carbons (Fsp3) is 0.556. The molecule has 2 aliphatic rings. The Hall–Kier alpha value is -2.26. The van der Waals surface area contributed by atoms with Crippen LogP contribution in [0.15, 0.2) is 24.3 Å². The van der Waals surface area contributed by atoms with E-state index in [1.54, 1.807) is 29.2 Å². The first-order valence-corrected chi connectivity index (χ1v) is 8.44. The van der Waals surface area contributed by atoms with Gasteiger partial charge in [-0.25, -0.2) is 4.79 Å². The van der Waals surface area contributed by atoms with Crippen LogP contribution < -0.4 is 10.1 Å². The highest BCUT2D eigenvalue weighted by Gasteiger charge is 2.34. The Labute approximate surface area is 143 Å². The summed E-state index contributed by atoms with van der Waals surface area (Å²) in [4.78, 5) is 16.3. The Morgan fingerprint density at radius 2 is 2.00 bits per heavy atom. The van der Waals surface area contributed by atoms with Crippen LogP contribution in [0.25, 0.3) is 0 Å². The summed E-state index contributed by atoms with van der Waals surface area (Å²) in [5.74, 6) is 0.740. The zero-order valence-corrected chi connectivity index (χ0v) is 14.2. The zero-order valence-electron chi connectivity index (χ0n) is 14.2. The number of nitrogens with one attached hydrogen (secondary N) is 1. The van der Waals surface area contributed by atoms with Crippen molar-refractivity contribution in [3.63, 3.8) is 0 Å². The van der Waals surface area contributed by atoms with Crippen LogP contribution in [0, 0.1) is 11.3 Å². The van der Waals surface area contributed by atoms with Crippen molar-refractivity contribution in [1.29, 1.82) is 5.26 Å². The molecule has 1 aliphatic carbocycles. The van der Waals surface area contributed by atoms with Gasteiger partial charge in [-0.1, -0.05) is 0 Å². The maximum atomic E-state index is 12.2. The Kier molecular flexibility index (Phi) is 4.91. The van der Waals surface area contributed by atoms with Gasteiger partial charge in [-0.15, -0.1) is 0 Å². The largest absolute Gasteiger partial charge is 0.487 e. The highest BCUT2D eigenvalue weighted by Crippen LogP contribution is 2.23. The molecule has 1 aliphatic heterocycles. The molecule has 6 heteroatoms. The molecule has 3 rings (SSSR count). The van der Waals surface area contributed by atoms with Crippen molar-refractivity contribution >= 4 is 6.03 Å². The first kappa shape index (κ1) is 16.6. The monoisotopic (exact) mass is 328 g/mol. The smallest absolute Gasteiger partial charge is 0.317 e. The fourth-order valence-electron chi connectivity index (χ4n) is 3.30. The molecule has 2 fully saturated rings. The third-order valence-electron chi connectivity index (χ3n) is 4.88. The number of ether oxygens (including phenoxy) is 1. The molecule has 1 saturated heterocycles. The van der Waals surface area contributed by atoms with E-state index < -0.39 is 0 Å². The standard InChI is InChI=1S/C18H24N4O2/c1-21(2)15-6-5-14(9-15)20-18(23)22-11-17(12-22)24-16-7-3-13(10-19)4-8-16/h3-4,7-8,14-15,17H,5-6,9,11-12H2,1-2H3,(H,20,23)/t14-,15+/m1/s1. The SMILES string of the molecule is CN(C)[C@H]1CC[C@@H](NC(=O)N2CC(Oc3ccc(C#N)cc3)C2)C1. The first-order chi connectivity index (χ1) is 11.5. The van der Waals surface area contributed by atoms with Gasteiger partial charge in [-0.05, 0) is 57.6 Å². The molecule has 2 amide bonds. The number of nitriles is 1. The van der Waals surface area contributed by atoms with E-state index in [2.05, 4.69) is 30.4 Å². The zero-order chi connectivity index (χ0) is 17.1. The van der Waals surface area contributed by atoms with Crippen molar-refractivity contribution in [3.8, 4) is 11.8 Å². The van der Waals surface area contributed by atoms with E-state index in [1.165, 1.54) is 0 Å². The van der Waals surface area contributed by atoms with Crippen LogP contribution in [0.3, 0.4) is 0 Å². The van der Waals surface area contributed by atoms with E-state index in [-0.39, 0.29) is 18.2 Å². The number of nitrogens with zero attached hydrogens (tertiary/aromatic N) is 3. The second-order valence-electron chi connectivity index (χ2n) is 6.86.